The Bertz CT molecular complexity index is 875. The van der Waals surface area contributed by atoms with Crippen LogP contribution in [0.2, 0.25) is 0 Å². The Hall–Kier alpha value is -2.27. The number of carbonyl (C=O) groups is 2. The van der Waals surface area contributed by atoms with Crippen LogP contribution in [0.4, 0.5) is 10.1 Å². The van der Waals surface area contributed by atoms with Crippen molar-refractivity contribution in [3.05, 3.63) is 34.2 Å². The highest BCUT2D eigenvalue weighted by Crippen LogP contribution is 2.24. The number of Topliss-reactive ketones (excluding diaryl/α,β-unsaturated/α-hetero) is 1. The van der Waals surface area contributed by atoms with Gasteiger partial charge in [0.05, 0.1) is 16.8 Å². The lowest BCUT2D eigenvalue weighted by Gasteiger charge is -2.02. The molecule has 0 aliphatic carbocycles. The van der Waals surface area contributed by atoms with Crippen LogP contribution < -0.4 is 5.73 Å². The van der Waals surface area contributed by atoms with Gasteiger partial charge in [-0.3, -0.25) is 9.59 Å². The fourth-order valence-corrected chi connectivity index (χ4v) is 3.29. The molecule has 0 spiro atoms. The second-order valence-electron chi connectivity index (χ2n) is 5.49. The number of rotatable bonds is 10. The standard InChI is InChI=1S/C17H18BrFN4O4S/c1-2-26-14(25)9-11(24)4-3-7-28-17-15(22-27-23-17)16(20)21-10-5-6-13(19)12(18)8-10/h5-6,8H,2-4,7,9H2,1H3,(H2,20,21). The molecule has 1 aromatic heterocycles. The third-order valence-corrected chi connectivity index (χ3v) is 4.98. The molecular formula is C17H18BrFN4O4S. The molecular weight excluding hydrogens is 455 g/mol. The number of benzene rings is 1. The number of nitrogens with two attached hydrogens (primary N) is 1. The summed E-state index contributed by atoms with van der Waals surface area (Å²) >= 11 is 4.39. The van der Waals surface area contributed by atoms with E-state index in [1.165, 1.54) is 30.0 Å². The van der Waals surface area contributed by atoms with Gasteiger partial charge in [-0.25, -0.2) is 14.0 Å². The van der Waals surface area contributed by atoms with Gasteiger partial charge in [-0.2, -0.15) is 0 Å². The molecule has 8 nitrogen and oxygen atoms in total. The first-order valence-electron chi connectivity index (χ1n) is 8.33. The molecule has 28 heavy (non-hydrogen) atoms. The van der Waals surface area contributed by atoms with Crippen LogP contribution in [0.1, 0.15) is 31.9 Å². The minimum atomic E-state index is -0.514. The first-order chi connectivity index (χ1) is 13.4. The third-order valence-electron chi connectivity index (χ3n) is 3.34. The SMILES string of the molecule is CCOC(=O)CC(=O)CCCSc1nonc1C(N)=Nc1ccc(F)c(Br)c1. The summed E-state index contributed by atoms with van der Waals surface area (Å²) in [6.07, 6.45) is 0.568. The van der Waals surface area contributed by atoms with Crippen LogP contribution in [-0.2, 0) is 14.3 Å². The van der Waals surface area contributed by atoms with Gasteiger partial charge in [0, 0.05) is 12.2 Å². The molecule has 2 rings (SSSR count). The zero-order chi connectivity index (χ0) is 20.5. The molecule has 0 atom stereocenters. The number of esters is 1. The first-order valence-corrected chi connectivity index (χ1v) is 10.1. The maximum absolute atomic E-state index is 13.3. The van der Waals surface area contributed by atoms with E-state index in [1.54, 1.807) is 6.92 Å². The second-order valence-corrected chi connectivity index (χ2v) is 7.42. The molecule has 0 saturated heterocycles. The van der Waals surface area contributed by atoms with Gasteiger partial charge in [0.1, 0.15) is 18.0 Å². The highest BCUT2D eigenvalue weighted by Gasteiger charge is 2.16. The Labute approximate surface area is 173 Å². The molecule has 2 N–H and O–H groups in total. The van der Waals surface area contributed by atoms with Gasteiger partial charge < -0.3 is 10.5 Å². The van der Waals surface area contributed by atoms with Crippen molar-refractivity contribution < 1.29 is 23.3 Å². The molecule has 0 fully saturated rings. The second kappa shape index (κ2) is 10.9. The fraction of sp³-hybridized carbons (Fsp3) is 0.353. The van der Waals surface area contributed by atoms with E-state index in [1.807, 2.05) is 0 Å². The number of aliphatic imine (C=N–C) groups is 1. The predicted molar refractivity (Wildman–Crippen MR) is 105 cm³/mol. The molecule has 1 heterocycles. The number of aromatic nitrogens is 2. The van der Waals surface area contributed by atoms with E-state index in [2.05, 4.69) is 31.2 Å². The van der Waals surface area contributed by atoms with Crippen molar-refractivity contribution in [3.8, 4) is 0 Å². The van der Waals surface area contributed by atoms with Crippen molar-refractivity contribution in [1.29, 1.82) is 0 Å². The van der Waals surface area contributed by atoms with Crippen molar-refractivity contribution in [3.63, 3.8) is 0 Å². The number of thioether (sulfide) groups is 1. The van der Waals surface area contributed by atoms with Crippen LogP contribution in [0.5, 0.6) is 0 Å². The zero-order valence-electron chi connectivity index (χ0n) is 15.0. The van der Waals surface area contributed by atoms with E-state index < -0.39 is 11.8 Å². The Morgan fingerprint density at radius 1 is 1.39 bits per heavy atom. The lowest BCUT2D eigenvalue weighted by atomic mass is 10.2. The zero-order valence-corrected chi connectivity index (χ0v) is 17.4. The van der Waals surface area contributed by atoms with Gasteiger partial charge in [0.25, 0.3) is 0 Å². The molecule has 150 valence electrons. The first kappa shape index (κ1) is 22.0. The number of halogens is 2. The smallest absolute Gasteiger partial charge is 0.313 e. The normalized spacial score (nSPS) is 11.5. The van der Waals surface area contributed by atoms with Crippen molar-refractivity contribution in [1.82, 2.24) is 10.3 Å². The highest BCUT2D eigenvalue weighted by molar-refractivity contribution is 9.10. The van der Waals surface area contributed by atoms with E-state index in [4.69, 9.17) is 15.1 Å². The minimum Gasteiger partial charge on any atom is -0.466 e. The third kappa shape index (κ3) is 6.71. The Balaban J connectivity index is 1.89. The lowest BCUT2D eigenvalue weighted by molar-refractivity contribution is -0.145. The largest absolute Gasteiger partial charge is 0.466 e. The topological polar surface area (TPSA) is 121 Å². The molecule has 2 aromatic rings. The van der Waals surface area contributed by atoms with Crippen LogP contribution in [0.15, 0.2) is 37.3 Å². The number of ketones is 1. The average molecular weight is 473 g/mol. The molecule has 0 bridgehead atoms. The summed E-state index contributed by atoms with van der Waals surface area (Å²) in [5.41, 5.74) is 6.66. The van der Waals surface area contributed by atoms with Gasteiger partial charge in [-0.15, -0.1) is 11.8 Å². The quantitative estimate of drug-likeness (QED) is 0.139. The highest BCUT2D eigenvalue weighted by atomic mass is 79.9. The predicted octanol–water partition coefficient (Wildman–Crippen LogP) is 3.40. The molecule has 1 aromatic carbocycles. The van der Waals surface area contributed by atoms with Crippen LogP contribution in [0.25, 0.3) is 0 Å². The van der Waals surface area contributed by atoms with Gasteiger partial charge in [-0.05, 0) is 57.8 Å². The summed E-state index contributed by atoms with van der Waals surface area (Å²) in [5.74, 6) is -0.486. The summed E-state index contributed by atoms with van der Waals surface area (Å²) in [7, 11) is 0. The average Bonchev–Trinajstić information content (AvgIpc) is 3.10. The van der Waals surface area contributed by atoms with Crippen molar-refractivity contribution in [2.75, 3.05) is 12.4 Å². The van der Waals surface area contributed by atoms with Gasteiger partial charge in [0.15, 0.2) is 16.6 Å². The number of carbonyl (C=O) groups excluding carboxylic acids is 2. The van der Waals surface area contributed by atoms with E-state index in [0.29, 0.717) is 22.9 Å². The maximum atomic E-state index is 13.3. The summed E-state index contributed by atoms with van der Waals surface area (Å²) in [6.45, 7) is 1.94. The summed E-state index contributed by atoms with van der Waals surface area (Å²) < 4.78 is 23.0. The molecule has 0 amide bonds. The fourth-order valence-electron chi connectivity index (χ4n) is 2.08. The van der Waals surface area contributed by atoms with Crippen LogP contribution >= 0.6 is 27.7 Å². The van der Waals surface area contributed by atoms with Crippen molar-refractivity contribution >= 4 is 51.0 Å². The van der Waals surface area contributed by atoms with Gasteiger partial charge >= 0.3 is 5.97 Å². The van der Waals surface area contributed by atoms with Crippen LogP contribution in [0, 0.1) is 5.82 Å². The van der Waals surface area contributed by atoms with Crippen molar-refractivity contribution in [2.24, 2.45) is 10.7 Å². The molecule has 0 radical (unpaired) electrons. The summed E-state index contributed by atoms with van der Waals surface area (Å²) in [6, 6.07) is 4.22. The lowest BCUT2D eigenvalue weighted by Crippen LogP contribution is -2.14. The molecule has 0 aliphatic rings. The minimum absolute atomic E-state index is 0.0700. The summed E-state index contributed by atoms with van der Waals surface area (Å²) in [4.78, 5) is 27.1. The number of hydrogen-bond donors (Lipinski definition) is 1. The van der Waals surface area contributed by atoms with Crippen LogP contribution in [0.3, 0.4) is 0 Å². The molecule has 11 heteroatoms. The van der Waals surface area contributed by atoms with E-state index in [-0.39, 0.29) is 41.2 Å². The van der Waals surface area contributed by atoms with E-state index in [9.17, 15) is 14.0 Å². The molecule has 0 unspecified atom stereocenters. The van der Waals surface area contributed by atoms with Crippen LogP contribution in [-0.4, -0.2) is 40.3 Å². The maximum Gasteiger partial charge on any atom is 0.313 e. The molecule has 0 saturated carbocycles. The van der Waals surface area contributed by atoms with E-state index in [0.717, 1.165) is 0 Å². The van der Waals surface area contributed by atoms with E-state index >= 15 is 0 Å². The Kier molecular flexibility index (Phi) is 8.58. The monoisotopic (exact) mass is 472 g/mol. The number of ether oxygens (including phenoxy) is 1. The number of nitrogens with zero attached hydrogens (tertiary/aromatic N) is 3. The number of amidine groups is 1. The Morgan fingerprint density at radius 2 is 2.18 bits per heavy atom. The summed E-state index contributed by atoms with van der Waals surface area (Å²) in [5, 5.41) is 7.97. The van der Waals surface area contributed by atoms with Gasteiger partial charge in [-0.1, -0.05) is 0 Å². The molecule has 0 aliphatic heterocycles. The number of hydrogen-bond acceptors (Lipinski definition) is 8. The van der Waals surface area contributed by atoms with Crippen molar-refractivity contribution in [2.45, 2.75) is 31.2 Å². The Morgan fingerprint density at radius 3 is 2.89 bits per heavy atom. The van der Waals surface area contributed by atoms with Gasteiger partial charge in [0.2, 0.25) is 0 Å².